The van der Waals surface area contributed by atoms with Gasteiger partial charge in [0.2, 0.25) is 0 Å². The molecule has 0 saturated heterocycles. The highest BCUT2D eigenvalue weighted by atomic mass is 16.5. The van der Waals surface area contributed by atoms with E-state index in [9.17, 15) is 0 Å². The Labute approximate surface area is 265 Å². The van der Waals surface area contributed by atoms with E-state index in [1.54, 1.807) is 11.1 Å². The lowest BCUT2D eigenvalue weighted by Gasteiger charge is -2.22. The van der Waals surface area contributed by atoms with Crippen molar-refractivity contribution in [3.63, 3.8) is 0 Å². The maximum Gasteiger partial charge on any atom is 0.0466 e. The van der Waals surface area contributed by atoms with Crippen LogP contribution in [0.15, 0.2) is 71.8 Å². The Morgan fingerprint density at radius 1 is 0.512 bits per heavy atom. The van der Waals surface area contributed by atoms with Gasteiger partial charge in [-0.2, -0.15) is 0 Å². The summed E-state index contributed by atoms with van der Waals surface area (Å²) < 4.78 is 5.97. The molecule has 0 aliphatic heterocycles. The summed E-state index contributed by atoms with van der Waals surface area (Å²) in [6.45, 7) is 6.37. The van der Waals surface area contributed by atoms with Crippen LogP contribution in [-0.4, -0.2) is 13.2 Å². The second kappa shape index (κ2) is 20.0. The predicted octanol–water partition coefficient (Wildman–Crippen LogP) is 12.0. The van der Waals surface area contributed by atoms with Gasteiger partial charge in [-0.15, -0.1) is 0 Å². The molecule has 0 amide bonds. The van der Waals surface area contributed by atoms with Gasteiger partial charge in [-0.25, -0.2) is 0 Å². The first-order valence-corrected chi connectivity index (χ1v) is 18.3. The first-order valence-electron chi connectivity index (χ1n) is 18.3. The zero-order valence-corrected chi connectivity index (χ0v) is 27.9. The van der Waals surface area contributed by atoms with Crippen LogP contribution in [0.4, 0.5) is 0 Å². The molecular weight excluding hydrogens is 520 g/mol. The van der Waals surface area contributed by atoms with Crippen molar-refractivity contribution in [2.45, 2.75) is 142 Å². The molecule has 1 heteroatoms. The number of hydrogen-bond donors (Lipinski definition) is 0. The number of allylic oxidation sites excluding steroid dienone is 4. The molecule has 2 aromatic carbocycles. The zero-order chi connectivity index (χ0) is 30.0. The molecule has 236 valence electrons. The van der Waals surface area contributed by atoms with E-state index in [1.165, 1.54) is 138 Å². The third-order valence-corrected chi connectivity index (χ3v) is 10.3. The highest BCUT2D eigenvalue weighted by Crippen LogP contribution is 2.31. The fraction of sp³-hybridized carbons (Fsp3) is 0.619. The van der Waals surface area contributed by atoms with Crippen LogP contribution in [0.25, 0.3) is 0 Å². The molecule has 2 atom stereocenters. The van der Waals surface area contributed by atoms with E-state index >= 15 is 0 Å². The molecule has 2 aromatic rings. The molecule has 2 aliphatic carbocycles. The second-order valence-corrected chi connectivity index (χ2v) is 13.7. The first-order chi connectivity index (χ1) is 21.2. The minimum absolute atomic E-state index is 0.888. The van der Waals surface area contributed by atoms with E-state index in [1.807, 2.05) is 0 Å². The molecule has 0 fully saturated rings. The van der Waals surface area contributed by atoms with Crippen molar-refractivity contribution in [1.29, 1.82) is 0 Å². The Morgan fingerprint density at radius 2 is 0.930 bits per heavy atom. The summed E-state index contributed by atoms with van der Waals surface area (Å²) in [6, 6.07) is 18.6. The van der Waals surface area contributed by atoms with Crippen LogP contribution in [0.2, 0.25) is 0 Å². The van der Waals surface area contributed by atoms with E-state index < -0.39 is 0 Å². The average molecular weight is 583 g/mol. The van der Waals surface area contributed by atoms with Crippen LogP contribution in [0.1, 0.15) is 139 Å². The largest absolute Gasteiger partial charge is 0.381 e. The van der Waals surface area contributed by atoms with Crippen LogP contribution in [0, 0.1) is 11.8 Å². The van der Waals surface area contributed by atoms with Crippen LogP contribution in [-0.2, 0) is 30.4 Å². The zero-order valence-electron chi connectivity index (χ0n) is 27.9. The van der Waals surface area contributed by atoms with E-state index in [4.69, 9.17) is 4.74 Å². The maximum absolute atomic E-state index is 5.97. The van der Waals surface area contributed by atoms with Gasteiger partial charge in [0.1, 0.15) is 0 Å². The molecule has 43 heavy (non-hydrogen) atoms. The molecule has 0 spiro atoms. The minimum atomic E-state index is 0.888. The summed E-state index contributed by atoms with van der Waals surface area (Å²) in [5.41, 5.74) is 9.39. The van der Waals surface area contributed by atoms with Crippen molar-refractivity contribution in [2.75, 3.05) is 13.2 Å². The van der Waals surface area contributed by atoms with Gasteiger partial charge in [0.25, 0.3) is 0 Å². The Balaban J connectivity index is 0.923. The number of unbranched alkanes of at least 4 members (excludes halogenated alkanes) is 4. The van der Waals surface area contributed by atoms with Crippen molar-refractivity contribution in [3.05, 3.63) is 94.1 Å². The van der Waals surface area contributed by atoms with Gasteiger partial charge in [-0.05, 0) is 150 Å². The molecule has 2 aliphatic rings. The fourth-order valence-electron chi connectivity index (χ4n) is 7.06. The highest BCUT2D eigenvalue weighted by molar-refractivity contribution is 5.23. The molecule has 0 saturated carbocycles. The molecule has 0 radical (unpaired) electrons. The Morgan fingerprint density at radius 3 is 1.30 bits per heavy atom. The molecule has 0 aromatic heterocycles. The smallest absolute Gasteiger partial charge is 0.0466 e. The summed E-state index contributed by atoms with van der Waals surface area (Å²) in [6.07, 6.45) is 31.1. The monoisotopic (exact) mass is 582 g/mol. The average Bonchev–Trinajstić information content (AvgIpc) is 3.07. The van der Waals surface area contributed by atoms with E-state index in [2.05, 4.69) is 74.5 Å². The molecule has 0 N–H and O–H groups in total. The summed E-state index contributed by atoms with van der Waals surface area (Å²) in [4.78, 5) is 0. The van der Waals surface area contributed by atoms with Crippen molar-refractivity contribution < 1.29 is 4.74 Å². The summed E-state index contributed by atoms with van der Waals surface area (Å²) in [5.74, 6) is 1.78. The first kappa shape index (κ1) is 33.8. The number of hydrogen-bond acceptors (Lipinski definition) is 1. The SMILES string of the molecule is CCc1ccc(CCC2CC=C(CCCCCOCCCCCC3=CCC(CCc4ccc(CC)cc4)CC3)CC2)cc1. The van der Waals surface area contributed by atoms with Gasteiger partial charge >= 0.3 is 0 Å². The summed E-state index contributed by atoms with van der Waals surface area (Å²) in [5, 5.41) is 0. The number of benzene rings is 2. The van der Waals surface area contributed by atoms with Gasteiger partial charge in [0.05, 0.1) is 0 Å². The lowest BCUT2D eigenvalue weighted by Crippen LogP contribution is -2.07. The topological polar surface area (TPSA) is 9.23 Å². The molecule has 0 bridgehead atoms. The van der Waals surface area contributed by atoms with E-state index in [-0.39, 0.29) is 0 Å². The highest BCUT2D eigenvalue weighted by Gasteiger charge is 2.15. The predicted molar refractivity (Wildman–Crippen MR) is 187 cm³/mol. The number of aryl methyl sites for hydroxylation is 4. The Bertz CT molecular complexity index is 985. The van der Waals surface area contributed by atoms with E-state index in [0.29, 0.717) is 0 Å². The maximum atomic E-state index is 5.97. The molecule has 4 rings (SSSR count). The van der Waals surface area contributed by atoms with E-state index in [0.717, 1.165) is 37.9 Å². The van der Waals surface area contributed by atoms with Crippen LogP contribution >= 0.6 is 0 Å². The standard InChI is InChI=1S/C42H62O/c1-3-35-13-17-39(18-14-35)29-31-41-25-21-37(22-26-41)11-7-5-9-33-43-34-10-6-8-12-38-23-27-42(28-24-38)32-30-40-19-15-36(4-2)16-20-40/h13-21,23,41-42H,3-12,22,24-34H2,1-2H3. The van der Waals surface area contributed by atoms with Gasteiger partial charge < -0.3 is 4.74 Å². The van der Waals surface area contributed by atoms with Crippen molar-refractivity contribution in [2.24, 2.45) is 11.8 Å². The Hall–Kier alpha value is -2.12. The minimum Gasteiger partial charge on any atom is -0.381 e. The van der Waals surface area contributed by atoms with Crippen LogP contribution < -0.4 is 0 Å². The Kier molecular flexibility index (Phi) is 15.7. The number of rotatable bonds is 20. The van der Waals surface area contributed by atoms with Gasteiger partial charge in [0, 0.05) is 13.2 Å². The normalized spacial score (nSPS) is 18.8. The van der Waals surface area contributed by atoms with Crippen molar-refractivity contribution in [1.82, 2.24) is 0 Å². The third-order valence-electron chi connectivity index (χ3n) is 10.3. The summed E-state index contributed by atoms with van der Waals surface area (Å²) >= 11 is 0. The molecular formula is C42H62O. The third kappa shape index (κ3) is 13.2. The van der Waals surface area contributed by atoms with Gasteiger partial charge in [0.15, 0.2) is 0 Å². The molecule has 2 unspecified atom stereocenters. The van der Waals surface area contributed by atoms with Crippen molar-refractivity contribution >= 4 is 0 Å². The second-order valence-electron chi connectivity index (χ2n) is 13.7. The molecule has 1 nitrogen and oxygen atoms in total. The van der Waals surface area contributed by atoms with Gasteiger partial charge in [-0.1, -0.05) is 98.5 Å². The lowest BCUT2D eigenvalue weighted by molar-refractivity contribution is 0.126. The quantitative estimate of drug-likeness (QED) is 0.111. The van der Waals surface area contributed by atoms with Crippen molar-refractivity contribution in [3.8, 4) is 0 Å². The van der Waals surface area contributed by atoms with Gasteiger partial charge in [-0.3, -0.25) is 0 Å². The summed E-state index contributed by atoms with van der Waals surface area (Å²) in [7, 11) is 0. The lowest BCUT2D eigenvalue weighted by atomic mass is 9.84. The van der Waals surface area contributed by atoms with Crippen LogP contribution in [0.5, 0.6) is 0 Å². The molecule has 0 heterocycles. The number of ether oxygens (including phenoxy) is 1. The fourth-order valence-corrected chi connectivity index (χ4v) is 7.06. The van der Waals surface area contributed by atoms with Crippen LogP contribution in [0.3, 0.4) is 0 Å².